The van der Waals surface area contributed by atoms with Gasteiger partial charge in [0.15, 0.2) is 0 Å². The Hall–Kier alpha value is -0.450. The molecular formula is C12H20N2OS. The largest absolute Gasteiger partial charge is 0.381 e. The lowest BCUT2D eigenvalue weighted by Gasteiger charge is -2.22. The van der Waals surface area contributed by atoms with Crippen molar-refractivity contribution in [2.75, 3.05) is 26.3 Å². The lowest BCUT2D eigenvalue weighted by Crippen LogP contribution is -2.30. The van der Waals surface area contributed by atoms with Crippen LogP contribution in [0.2, 0.25) is 0 Å². The fourth-order valence-electron chi connectivity index (χ4n) is 2.04. The van der Waals surface area contributed by atoms with Crippen LogP contribution in [-0.2, 0) is 11.2 Å². The highest BCUT2D eigenvalue weighted by atomic mass is 32.1. The van der Waals surface area contributed by atoms with Gasteiger partial charge in [0.2, 0.25) is 0 Å². The summed E-state index contributed by atoms with van der Waals surface area (Å²) in [6, 6.07) is 0. The zero-order valence-electron chi connectivity index (χ0n) is 9.87. The maximum absolute atomic E-state index is 5.46. The second-order valence-corrected chi connectivity index (χ2v) is 5.34. The van der Waals surface area contributed by atoms with Gasteiger partial charge in [0.1, 0.15) is 0 Å². The van der Waals surface area contributed by atoms with Gasteiger partial charge in [-0.3, -0.25) is 0 Å². The van der Waals surface area contributed by atoms with Crippen molar-refractivity contribution in [3.05, 3.63) is 16.1 Å². The molecule has 1 aromatic heterocycles. The topological polar surface area (TPSA) is 34.2 Å². The van der Waals surface area contributed by atoms with Gasteiger partial charge in [-0.2, -0.15) is 0 Å². The van der Waals surface area contributed by atoms with Gasteiger partial charge in [0.25, 0.3) is 0 Å². The molecule has 0 radical (unpaired) electrons. The average molecular weight is 240 g/mol. The summed E-state index contributed by atoms with van der Waals surface area (Å²) < 4.78 is 5.46. The predicted octanol–water partition coefficient (Wildman–Crippen LogP) is 2.01. The number of aryl methyl sites for hydroxylation is 1. The Balaban J connectivity index is 1.59. The van der Waals surface area contributed by atoms with Crippen molar-refractivity contribution < 1.29 is 4.74 Å². The maximum Gasteiger partial charge on any atom is 0.0797 e. The summed E-state index contributed by atoms with van der Waals surface area (Å²) in [4.78, 5) is 5.67. The van der Waals surface area contributed by atoms with Crippen molar-refractivity contribution in [1.29, 1.82) is 0 Å². The Morgan fingerprint density at radius 3 is 3.25 bits per heavy atom. The van der Waals surface area contributed by atoms with Crippen LogP contribution in [0.4, 0.5) is 0 Å². The van der Waals surface area contributed by atoms with E-state index in [9.17, 15) is 0 Å². The molecule has 90 valence electrons. The molecule has 1 fully saturated rings. The monoisotopic (exact) mass is 240 g/mol. The molecule has 0 aromatic carbocycles. The van der Waals surface area contributed by atoms with Crippen molar-refractivity contribution in [3.63, 3.8) is 0 Å². The average Bonchev–Trinajstić information content (AvgIpc) is 2.72. The summed E-state index contributed by atoms with van der Waals surface area (Å²) in [7, 11) is 0. The number of hydrogen-bond donors (Lipinski definition) is 1. The summed E-state index contributed by atoms with van der Waals surface area (Å²) in [5.41, 5.74) is 3.12. The number of hydrogen-bond acceptors (Lipinski definition) is 4. The van der Waals surface area contributed by atoms with E-state index < -0.39 is 0 Å². The van der Waals surface area contributed by atoms with E-state index in [0.29, 0.717) is 0 Å². The summed E-state index contributed by atoms with van der Waals surface area (Å²) in [6.45, 7) is 6.13. The van der Waals surface area contributed by atoms with Crippen LogP contribution < -0.4 is 5.32 Å². The Bertz CT molecular complexity index is 308. The highest BCUT2D eigenvalue weighted by Crippen LogP contribution is 2.13. The molecule has 1 saturated heterocycles. The highest BCUT2D eigenvalue weighted by Gasteiger charge is 2.12. The number of aromatic nitrogens is 1. The first-order valence-electron chi connectivity index (χ1n) is 6.03. The first-order chi connectivity index (χ1) is 7.86. The molecule has 1 atom stereocenters. The molecule has 0 aliphatic carbocycles. The maximum atomic E-state index is 5.46. The smallest absolute Gasteiger partial charge is 0.0797 e. The van der Waals surface area contributed by atoms with Crippen LogP contribution in [0.1, 0.15) is 23.4 Å². The molecule has 0 spiro atoms. The molecule has 0 saturated carbocycles. The Kier molecular flexibility index (Phi) is 4.75. The van der Waals surface area contributed by atoms with E-state index in [2.05, 4.69) is 17.2 Å². The fourth-order valence-corrected chi connectivity index (χ4v) is 2.82. The third kappa shape index (κ3) is 3.54. The normalized spacial score (nSPS) is 21.2. The lowest BCUT2D eigenvalue weighted by molar-refractivity contribution is 0.0550. The van der Waals surface area contributed by atoms with E-state index in [1.807, 2.05) is 5.51 Å². The molecule has 1 N–H and O–H groups in total. The Morgan fingerprint density at radius 2 is 2.56 bits per heavy atom. The SMILES string of the molecule is Cc1ncsc1CCNCC1CCCOC1. The molecule has 1 aliphatic heterocycles. The molecule has 2 heterocycles. The number of ether oxygens (including phenoxy) is 1. The van der Waals surface area contributed by atoms with Crippen molar-refractivity contribution in [2.45, 2.75) is 26.2 Å². The van der Waals surface area contributed by atoms with E-state index in [0.717, 1.165) is 38.6 Å². The third-order valence-electron chi connectivity index (χ3n) is 3.06. The summed E-state index contributed by atoms with van der Waals surface area (Å²) in [5.74, 6) is 0.719. The standard InChI is InChI=1S/C12H20N2OS/c1-10-12(16-9-14-10)4-5-13-7-11-3-2-6-15-8-11/h9,11,13H,2-8H2,1H3. The van der Waals surface area contributed by atoms with E-state index >= 15 is 0 Å². The van der Waals surface area contributed by atoms with Crippen LogP contribution in [0.5, 0.6) is 0 Å². The minimum atomic E-state index is 0.719. The second kappa shape index (κ2) is 6.33. The highest BCUT2D eigenvalue weighted by molar-refractivity contribution is 7.09. The first kappa shape index (κ1) is 12.0. The van der Waals surface area contributed by atoms with Crippen molar-refractivity contribution in [1.82, 2.24) is 10.3 Å². The minimum absolute atomic E-state index is 0.719. The summed E-state index contributed by atoms with van der Waals surface area (Å²) in [5, 5.41) is 3.52. The molecule has 2 rings (SSSR count). The van der Waals surface area contributed by atoms with Crippen LogP contribution >= 0.6 is 11.3 Å². The van der Waals surface area contributed by atoms with Crippen molar-refractivity contribution in [2.24, 2.45) is 5.92 Å². The van der Waals surface area contributed by atoms with Crippen molar-refractivity contribution in [3.8, 4) is 0 Å². The van der Waals surface area contributed by atoms with E-state index in [1.165, 1.54) is 23.4 Å². The van der Waals surface area contributed by atoms with Gasteiger partial charge in [0.05, 0.1) is 17.8 Å². The number of rotatable bonds is 5. The van der Waals surface area contributed by atoms with E-state index in [-0.39, 0.29) is 0 Å². The van der Waals surface area contributed by atoms with Gasteiger partial charge < -0.3 is 10.1 Å². The minimum Gasteiger partial charge on any atom is -0.381 e. The molecular weight excluding hydrogens is 220 g/mol. The second-order valence-electron chi connectivity index (χ2n) is 4.40. The molecule has 4 heteroatoms. The predicted molar refractivity (Wildman–Crippen MR) is 67.0 cm³/mol. The first-order valence-corrected chi connectivity index (χ1v) is 6.91. The van der Waals surface area contributed by atoms with Gasteiger partial charge >= 0.3 is 0 Å². The Labute approximate surface area is 101 Å². The molecule has 16 heavy (non-hydrogen) atoms. The fraction of sp³-hybridized carbons (Fsp3) is 0.750. The zero-order valence-corrected chi connectivity index (χ0v) is 10.7. The quantitative estimate of drug-likeness (QED) is 0.799. The van der Waals surface area contributed by atoms with E-state index in [4.69, 9.17) is 4.74 Å². The van der Waals surface area contributed by atoms with Crippen LogP contribution in [0.3, 0.4) is 0 Å². The van der Waals surface area contributed by atoms with Crippen molar-refractivity contribution >= 4 is 11.3 Å². The van der Waals surface area contributed by atoms with Gasteiger partial charge in [-0.1, -0.05) is 0 Å². The van der Waals surface area contributed by atoms with Crippen LogP contribution in [0, 0.1) is 12.8 Å². The Morgan fingerprint density at radius 1 is 1.62 bits per heavy atom. The van der Waals surface area contributed by atoms with Gasteiger partial charge in [0, 0.05) is 24.6 Å². The number of nitrogens with one attached hydrogen (secondary N) is 1. The molecule has 0 amide bonds. The molecule has 3 nitrogen and oxygen atoms in total. The number of nitrogens with zero attached hydrogens (tertiary/aromatic N) is 1. The van der Waals surface area contributed by atoms with Gasteiger partial charge in [-0.25, -0.2) is 4.98 Å². The van der Waals surface area contributed by atoms with Crippen LogP contribution in [0.25, 0.3) is 0 Å². The summed E-state index contributed by atoms with van der Waals surface area (Å²) >= 11 is 1.76. The van der Waals surface area contributed by atoms with Gasteiger partial charge in [-0.05, 0) is 32.1 Å². The molecule has 1 aromatic rings. The van der Waals surface area contributed by atoms with E-state index in [1.54, 1.807) is 11.3 Å². The number of thiazole rings is 1. The molecule has 1 aliphatic rings. The summed E-state index contributed by atoms with van der Waals surface area (Å²) in [6.07, 6.45) is 3.64. The molecule has 1 unspecified atom stereocenters. The lowest BCUT2D eigenvalue weighted by atomic mass is 10.0. The van der Waals surface area contributed by atoms with Crippen LogP contribution in [0.15, 0.2) is 5.51 Å². The zero-order chi connectivity index (χ0) is 11.2. The molecule has 0 bridgehead atoms. The van der Waals surface area contributed by atoms with Gasteiger partial charge in [-0.15, -0.1) is 11.3 Å². The van der Waals surface area contributed by atoms with Crippen LogP contribution in [-0.4, -0.2) is 31.3 Å². The third-order valence-corrected chi connectivity index (χ3v) is 4.06.